The maximum atomic E-state index is 13.0. The van der Waals surface area contributed by atoms with E-state index in [1.165, 1.54) is 12.0 Å². The van der Waals surface area contributed by atoms with Gasteiger partial charge in [-0.3, -0.25) is 9.59 Å². The Labute approximate surface area is 227 Å². The summed E-state index contributed by atoms with van der Waals surface area (Å²) in [6, 6.07) is 23.5. The SMILES string of the molecule is O=C(COc1cccc2ccc(N3CCN(C(=O)c4ccco4)CC3)nc12)N1CCN(c2ccccc2)CC1. The van der Waals surface area contributed by atoms with Gasteiger partial charge in [-0.05, 0) is 42.5 Å². The van der Waals surface area contributed by atoms with Gasteiger partial charge in [-0.15, -0.1) is 0 Å². The molecule has 2 fully saturated rings. The number of fused-ring (bicyclic) bond motifs is 1. The number of hydrogen-bond acceptors (Lipinski definition) is 7. The third kappa shape index (κ3) is 5.38. The first-order valence-corrected chi connectivity index (χ1v) is 13.3. The number of amides is 2. The molecule has 0 spiro atoms. The molecule has 0 atom stereocenters. The van der Waals surface area contributed by atoms with Crippen LogP contribution in [0.15, 0.2) is 83.5 Å². The van der Waals surface area contributed by atoms with E-state index in [2.05, 4.69) is 21.9 Å². The van der Waals surface area contributed by atoms with Gasteiger partial charge in [-0.25, -0.2) is 4.98 Å². The molecule has 4 aromatic rings. The first kappa shape index (κ1) is 24.8. The van der Waals surface area contributed by atoms with Crippen LogP contribution in [0.2, 0.25) is 0 Å². The normalized spacial score (nSPS) is 16.0. The van der Waals surface area contributed by atoms with Crippen LogP contribution >= 0.6 is 0 Å². The van der Waals surface area contributed by atoms with Crippen molar-refractivity contribution in [2.75, 3.05) is 68.8 Å². The zero-order chi connectivity index (χ0) is 26.6. The number of furan rings is 1. The molecule has 6 rings (SSSR count). The molecule has 0 bridgehead atoms. The van der Waals surface area contributed by atoms with Crippen molar-refractivity contribution in [3.63, 3.8) is 0 Å². The monoisotopic (exact) mass is 525 g/mol. The number of aromatic nitrogens is 1. The van der Waals surface area contributed by atoms with Gasteiger partial charge in [-0.2, -0.15) is 0 Å². The van der Waals surface area contributed by atoms with E-state index in [-0.39, 0.29) is 18.4 Å². The quantitative estimate of drug-likeness (QED) is 0.381. The molecular formula is C30H31N5O4. The molecule has 0 aliphatic carbocycles. The second kappa shape index (κ2) is 11.1. The Morgan fingerprint density at radius 1 is 0.744 bits per heavy atom. The molecule has 0 saturated carbocycles. The lowest BCUT2D eigenvalue weighted by atomic mass is 10.2. The topological polar surface area (TPSA) is 82.4 Å². The molecule has 0 radical (unpaired) electrons. The van der Waals surface area contributed by atoms with E-state index >= 15 is 0 Å². The fourth-order valence-electron chi connectivity index (χ4n) is 5.18. The standard InChI is InChI=1S/C30H31N5O4/c36-28(34-17-13-32(14-18-34)24-7-2-1-3-8-24)22-39-25-9-4-6-23-11-12-27(31-29(23)25)33-15-19-35(20-16-33)30(37)26-10-5-21-38-26/h1-12,21H,13-20,22H2. The van der Waals surface area contributed by atoms with E-state index < -0.39 is 0 Å². The molecule has 2 saturated heterocycles. The molecule has 2 aliphatic rings. The van der Waals surface area contributed by atoms with Crippen LogP contribution < -0.4 is 14.5 Å². The lowest BCUT2D eigenvalue weighted by molar-refractivity contribution is -0.133. The molecule has 2 aromatic heterocycles. The highest BCUT2D eigenvalue weighted by atomic mass is 16.5. The smallest absolute Gasteiger partial charge is 0.289 e. The highest BCUT2D eigenvalue weighted by Crippen LogP contribution is 2.27. The Hall–Kier alpha value is -4.53. The maximum Gasteiger partial charge on any atom is 0.289 e. The number of carbonyl (C=O) groups is 2. The first-order valence-electron chi connectivity index (χ1n) is 13.3. The number of anilines is 2. The van der Waals surface area contributed by atoms with Crippen LogP contribution in [-0.4, -0.2) is 85.6 Å². The molecule has 0 N–H and O–H groups in total. The average molecular weight is 526 g/mol. The van der Waals surface area contributed by atoms with Gasteiger partial charge in [0.25, 0.3) is 11.8 Å². The Morgan fingerprint density at radius 3 is 2.23 bits per heavy atom. The molecule has 0 unspecified atom stereocenters. The number of rotatable bonds is 6. The third-order valence-electron chi connectivity index (χ3n) is 7.40. The van der Waals surface area contributed by atoms with Crippen molar-refractivity contribution in [3.8, 4) is 5.75 Å². The average Bonchev–Trinajstić information content (AvgIpc) is 3.55. The predicted octanol–water partition coefficient (Wildman–Crippen LogP) is 3.52. The number of para-hydroxylation sites is 2. The Bertz CT molecular complexity index is 1430. The molecule has 2 aliphatic heterocycles. The fourth-order valence-corrected chi connectivity index (χ4v) is 5.18. The number of ether oxygens (including phenoxy) is 1. The number of pyridine rings is 1. The Morgan fingerprint density at radius 2 is 1.49 bits per heavy atom. The van der Waals surface area contributed by atoms with Gasteiger partial charge in [0.1, 0.15) is 17.1 Å². The Kier molecular flexibility index (Phi) is 7.03. The van der Waals surface area contributed by atoms with E-state index in [1.807, 2.05) is 53.4 Å². The zero-order valence-corrected chi connectivity index (χ0v) is 21.7. The second-order valence-corrected chi connectivity index (χ2v) is 9.75. The maximum absolute atomic E-state index is 13.0. The number of hydrogen-bond donors (Lipinski definition) is 0. The number of piperazine rings is 2. The molecule has 200 valence electrons. The summed E-state index contributed by atoms with van der Waals surface area (Å²) in [5, 5.41) is 0.951. The van der Waals surface area contributed by atoms with E-state index in [0.717, 1.165) is 29.8 Å². The summed E-state index contributed by atoms with van der Waals surface area (Å²) in [6.45, 7) is 5.43. The number of carbonyl (C=O) groups excluding carboxylic acids is 2. The highest BCUT2D eigenvalue weighted by molar-refractivity contribution is 5.91. The zero-order valence-electron chi connectivity index (χ0n) is 21.7. The third-order valence-corrected chi connectivity index (χ3v) is 7.40. The van der Waals surface area contributed by atoms with Crippen LogP contribution in [-0.2, 0) is 4.79 Å². The van der Waals surface area contributed by atoms with Gasteiger partial charge < -0.3 is 28.8 Å². The summed E-state index contributed by atoms with van der Waals surface area (Å²) >= 11 is 0. The van der Waals surface area contributed by atoms with Crippen LogP contribution in [0, 0.1) is 0 Å². The predicted molar refractivity (Wildman–Crippen MR) is 149 cm³/mol. The molecule has 4 heterocycles. The van der Waals surface area contributed by atoms with Gasteiger partial charge in [0, 0.05) is 63.4 Å². The summed E-state index contributed by atoms with van der Waals surface area (Å²) in [6.07, 6.45) is 1.52. The van der Waals surface area contributed by atoms with Crippen LogP contribution in [0.4, 0.5) is 11.5 Å². The summed E-state index contributed by atoms with van der Waals surface area (Å²) in [4.78, 5) is 38.6. The van der Waals surface area contributed by atoms with Gasteiger partial charge in [-0.1, -0.05) is 30.3 Å². The molecule has 2 amide bonds. The van der Waals surface area contributed by atoms with Gasteiger partial charge in [0.15, 0.2) is 12.4 Å². The van der Waals surface area contributed by atoms with Crippen molar-refractivity contribution < 1.29 is 18.7 Å². The Balaban J connectivity index is 1.07. The lowest BCUT2D eigenvalue weighted by Gasteiger charge is -2.36. The summed E-state index contributed by atoms with van der Waals surface area (Å²) in [7, 11) is 0. The molecular weight excluding hydrogens is 494 g/mol. The summed E-state index contributed by atoms with van der Waals surface area (Å²) in [5.41, 5.74) is 1.91. The molecule has 2 aromatic carbocycles. The minimum atomic E-state index is -0.0899. The summed E-state index contributed by atoms with van der Waals surface area (Å²) in [5.74, 6) is 1.67. The lowest BCUT2D eigenvalue weighted by Crippen LogP contribution is -2.50. The largest absolute Gasteiger partial charge is 0.481 e. The van der Waals surface area contributed by atoms with E-state index in [0.29, 0.717) is 50.8 Å². The van der Waals surface area contributed by atoms with Crippen LogP contribution in [0.25, 0.3) is 10.9 Å². The van der Waals surface area contributed by atoms with Gasteiger partial charge in [0.2, 0.25) is 0 Å². The van der Waals surface area contributed by atoms with Crippen LogP contribution in [0.5, 0.6) is 5.75 Å². The summed E-state index contributed by atoms with van der Waals surface area (Å²) < 4.78 is 11.3. The van der Waals surface area contributed by atoms with Crippen molar-refractivity contribution in [2.24, 2.45) is 0 Å². The fraction of sp³-hybridized carbons (Fsp3) is 0.300. The van der Waals surface area contributed by atoms with Gasteiger partial charge in [0.05, 0.1) is 6.26 Å². The minimum Gasteiger partial charge on any atom is -0.481 e. The van der Waals surface area contributed by atoms with Crippen molar-refractivity contribution in [2.45, 2.75) is 0 Å². The van der Waals surface area contributed by atoms with Crippen molar-refractivity contribution >= 4 is 34.2 Å². The number of benzene rings is 2. The molecule has 9 nitrogen and oxygen atoms in total. The van der Waals surface area contributed by atoms with Crippen LogP contribution in [0.1, 0.15) is 10.6 Å². The first-order chi connectivity index (χ1) is 19.2. The molecule has 39 heavy (non-hydrogen) atoms. The van der Waals surface area contributed by atoms with Crippen molar-refractivity contribution in [3.05, 3.63) is 84.8 Å². The second-order valence-electron chi connectivity index (χ2n) is 9.75. The van der Waals surface area contributed by atoms with E-state index in [1.54, 1.807) is 17.0 Å². The highest BCUT2D eigenvalue weighted by Gasteiger charge is 2.25. The van der Waals surface area contributed by atoms with Crippen molar-refractivity contribution in [1.29, 1.82) is 0 Å². The number of nitrogens with zero attached hydrogens (tertiary/aromatic N) is 5. The van der Waals surface area contributed by atoms with E-state index in [9.17, 15) is 9.59 Å². The van der Waals surface area contributed by atoms with Crippen molar-refractivity contribution in [1.82, 2.24) is 14.8 Å². The van der Waals surface area contributed by atoms with Crippen LogP contribution in [0.3, 0.4) is 0 Å². The van der Waals surface area contributed by atoms with Gasteiger partial charge >= 0.3 is 0 Å². The minimum absolute atomic E-state index is 0.0202. The molecule has 9 heteroatoms. The van der Waals surface area contributed by atoms with E-state index in [4.69, 9.17) is 14.1 Å².